The van der Waals surface area contributed by atoms with Crippen molar-refractivity contribution in [1.29, 1.82) is 0 Å². The minimum atomic E-state index is -4.85. The fraction of sp³-hybridized carbons (Fsp3) is 0.444. The summed E-state index contributed by atoms with van der Waals surface area (Å²) < 4.78 is 65.9. The molecule has 158 valence electrons. The van der Waals surface area contributed by atoms with Crippen molar-refractivity contribution >= 4 is 27.3 Å². The second-order valence-electron chi connectivity index (χ2n) is 6.85. The van der Waals surface area contributed by atoms with Crippen molar-refractivity contribution in [3.05, 3.63) is 46.7 Å². The predicted octanol–water partition coefficient (Wildman–Crippen LogP) is 3.58. The summed E-state index contributed by atoms with van der Waals surface area (Å²) in [5.41, 5.74) is -1.71. The Morgan fingerprint density at radius 1 is 1.31 bits per heavy atom. The second-order valence-corrected chi connectivity index (χ2v) is 9.51. The zero-order valence-corrected chi connectivity index (χ0v) is 17.1. The van der Waals surface area contributed by atoms with Crippen LogP contribution in [0, 0.1) is 0 Å². The number of hydrogen-bond acceptors (Lipinski definition) is 4. The average Bonchev–Trinajstić information content (AvgIpc) is 3.23. The maximum absolute atomic E-state index is 13.9. The zero-order chi connectivity index (χ0) is 21.4. The number of benzene rings is 1. The van der Waals surface area contributed by atoms with Gasteiger partial charge < -0.3 is 4.90 Å². The molecule has 1 aromatic carbocycles. The van der Waals surface area contributed by atoms with Gasteiger partial charge in [0.25, 0.3) is 5.91 Å². The van der Waals surface area contributed by atoms with E-state index in [9.17, 15) is 26.4 Å². The van der Waals surface area contributed by atoms with E-state index in [1.807, 2.05) is 0 Å². The fourth-order valence-electron chi connectivity index (χ4n) is 3.42. The van der Waals surface area contributed by atoms with Crippen LogP contribution < -0.4 is 0 Å². The highest BCUT2D eigenvalue weighted by Gasteiger charge is 2.43. The number of amides is 1. The fourth-order valence-corrected chi connectivity index (χ4v) is 5.28. The summed E-state index contributed by atoms with van der Waals surface area (Å²) in [7, 11) is -3.30. The third-order valence-electron chi connectivity index (χ3n) is 4.71. The van der Waals surface area contributed by atoms with Gasteiger partial charge in [-0.25, -0.2) is 13.1 Å². The molecule has 0 aliphatic carbocycles. The molecule has 0 saturated carbocycles. The Balaban J connectivity index is 2.04. The van der Waals surface area contributed by atoms with Crippen LogP contribution in [0.3, 0.4) is 0 Å². The van der Waals surface area contributed by atoms with E-state index in [0.717, 1.165) is 6.20 Å². The van der Waals surface area contributed by atoms with Crippen LogP contribution in [0.4, 0.5) is 13.2 Å². The van der Waals surface area contributed by atoms with Gasteiger partial charge in [-0.3, -0.25) is 4.79 Å². The van der Waals surface area contributed by atoms with Gasteiger partial charge >= 0.3 is 6.18 Å². The monoisotopic (exact) mass is 449 g/mol. The van der Waals surface area contributed by atoms with Gasteiger partial charge in [-0.2, -0.15) is 18.3 Å². The second kappa shape index (κ2) is 7.98. The highest BCUT2D eigenvalue weighted by Crippen LogP contribution is 2.35. The Hall–Kier alpha value is -2.07. The summed E-state index contributed by atoms with van der Waals surface area (Å²) in [6.45, 7) is 1.92. The van der Waals surface area contributed by atoms with E-state index < -0.39 is 39.2 Å². The van der Waals surface area contributed by atoms with E-state index in [4.69, 9.17) is 11.6 Å². The summed E-state index contributed by atoms with van der Waals surface area (Å²) in [5, 5.41) is 4.14. The molecule has 6 nitrogen and oxygen atoms in total. The highest BCUT2D eigenvalue weighted by molar-refractivity contribution is 7.91. The minimum absolute atomic E-state index is 0.0820. The molecule has 1 aliphatic rings. The first-order valence-electron chi connectivity index (χ1n) is 8.96. The molecule has 11 heteroatoms. The molecule has 1 aromatic heterocycles. The molecule has 1 unspecified atom stereocenters. The molecule has 29 heavy (non-hydrogen) atoms. The molecule has 0 spiro atoms. The number of carbonyl (C=O) groups is 1. The Morgan fingerprint density at radius 2 is 1.97 bits per heavy atom. The van der Waals surface area contributed by atoms with Crippen LogP contribution >= 0.6 is 11.6 Å². The molecule has 1 aliphatic heterocycles. The van der Waals surface area contributed by atoms with Crippen molar-refractivity contribution in [2.75, 3.05) is 18.1 Å². The number of halogens is 4. The largest absolute Gasteiger partial charge is 0.434 e. The molecule has 1 saturated heterocycles. The standard InChI is InChI=1S/C18H19ClF3N3O3S/c1-2-8-24(14-7-9-29(27,28)11-14)17(26)15-10-23-25(16(15)18(20,21)22)13-5-3-12(19)4-6-13/h3-6,10,14H,2,7-9,11H2,1H3. The molecule has 2 heterocycles. The number of aromatic nitrogens is 2. The van der Waals surface area contributed by atoms with Crippen LogP contribution in [0.5, 0.6) is 0 Å². The van der Waals surface area contributed by atoms with Gasteiger partial charge in [-0.05, 0) is 37.1 Å². The Labute approximate surface area is 171 Å². The van der Waals surface area contributed by atoms with E-state index in [0.29, 0.717) is 16.1 Å². The quantitative estimate of drug-likeness (QED) is 0.699. The van der Waals surface area contributed by atoms with Gasteiger partial charge in [-0.15, -0.1) is 0 Å². The molecule has 0 N–H and O–H groups in total. The number of carbonyl (C=O) groups excluding carboxylic acids is 1. The van der Waals surface area contributed by atoms with Crippen molar-refractivity contribution in [1.82, 2.24) is 14.7 Å². The van der Waals surface area contributed by atoms with Crippen molar-refractivity contribution in [2.24, 2.45) is 0 Å². The van der Waals surface area contributed by atoms with Crippen molar-refractivity contribution in [3.63, 3.8) is 0 Å². The van der Waals surface area contributed by atoms with Gasteiger partial charge in [-0.1, -0.05) is 18.5 Å². The maximum Gasteiger partial charge on any atom is 0.434 e. The van der Waals surface area contributed by atoms with Gasteiger partial charge in [0.15, 0.2) is 15.5 Å². The Bertz CT molecular complexity index is 1000. The van der Waals surface area contributed by atoms with E-state index in [1.54, 1.807) is 6.92 Å². The molecular formula is C18H19ClF3N3O3S. The number of sulfone groups is 1. The van der Waals surface area contributed by atoms with E-state index in [1.165, 1.54) is 29.2 Å². The van der Waals surface area contributed by atoms with Crippen molar-refractivity contribution in [3.8, 4) is 5.69 Å². The van der Waals surface area contributed by atoms with Crippen LogP contribution in [0.1, 0.15) is 35.8 Å². The molecule has 1 amide bonds. The Kier molecular flexibility index (Phi) is 5.96. The average molecular weight is 450 g/mol. The number of nitrogens with zero attached hydrogens (tertiary/aromatic N) is 3. The lowest BCUT2D eigenvalue weighted by atomic mass is 10.1. The van der Waals surface area contributed by atoms with E-state index in [-0.39, 0.29) is 30.2 Å². The predicted molar refractivity (Wildman–Crippen MR) is 102 cm³/mol. The normalized spacial score (nSPS) is 18.7. The summed E-state index contributed by atoms with van der Waals surface area (Å²) >= 11 is 5.79. The van der Waals surface area contributed by atoms with Gasteiger partial charge in [0.1, 0.15) is 0 Å². The number of hydrogen-bond donors (Lipinski definition) is 0. The third kappa shape index (κ3) is 4.58. The molecular weight excluding hydrogens is 431 g/mol. The lowest BCUT2D eigenvalue weighted by molar-refractivity contribution is -0.143. The summed E-state index contributed by atoms with van der Waals surface area (Å²) in [6.07, 6.45) is -3.28. The van der Waals surface area contributed by atoms with E-state index >= 15 is 0 Å². The van der Waals surface area contributed by atoms with Gasteiger partial charge in [0, 0.05) is 17.6 Å². The molecule has 0 bridgehead atoms. The van der Waals surface area contributed by atoms with Crippen molar-refractivity contribution < 1.29 is 26.4 Å². The van der Waals surface area contributed by atoms with E-state index in [2.05, 4.69) is 5.10 Å². The Morgan fingerprint density at radius 3 is 2.48 bits per heavy atom. The van der Waals surface area contributed by atoms with Crippen molar-refractivity contribution in [2.45, 2.75) is 32.0 Å². The summed E-state index contributed by atoms with van der Waals surface area (Å²) in [5.74, 6) is -1.20. The first kappa shape index (κ1) is 21.6. The maximum atomic E-state index is 13.9. The van der Waals surface area contributed by atoms with Gasteiger partial charge in [0.2, 0.25) is 0 Å². The highest BCUT2D eigenvalue weighted by atomic mass is 35.5. The third-order valence-corrected chi connectivity index (χ3v) is 6.72. The SMILES string of the molecule is CCCN(C(=O)c1cnn(-c2ccc(Cl)cc2)c1C(F)(F)F)C1CCS(=O)(=O)C1. The lowest BCUT2D eigenvalue weighted by Gasteiger charge is -2.28. The topological polar surface area (TPSA) is 72.3 Å². The molecule has 0 radical (unpaired) electrons. The molecule has 3 rings (SSSR count). The summed E-state index contributed by atoms with van der Waals surface area (Å²) in [4.78, 5) is 14.3. The van der Waals surface area contributed by atoms with Crippen LogP contribution in [0.15, 0.2) is 30.5 Å². The molecule has 2 aromatic rings. The van der Waals surface area contributed by atoms with Crippen LogP contribution in [0.25, 0.3) is 5.69 Å². The van der Waals surface area contributed by atoms with Crippen LogP contribution in [0.2, 0.25) is 5.02 Å². The molecule has 1 atom stereocenters. The first-order chi connectivity index (χ1) is 13.5. The lowest BCUT2D eigenvalue weighted by Crippen LogP contribution is -2.42. The van der Waals surface area contributed by atoms with Gasteiger partial charge in [0.05, 0.1) is 29.0 Å². The smallest absolute Gasteiger partial charge is 0.335 e. The van der Waals surface area contributed by atoms with Crippen LogP contribution in [-0.4, -0.2) is 53.1 Å². The van der Waals surface area contributed by atoms with Crippen LogP contribution in [-0.2, 0) is 16.0 Å². The molecule has 1 fully saturated rings. The summed E-state index contributed by atoms with van der Waals surface area (Å²) in [6, 6.07) is 4.94. The number of rotatable bonds is 5. The zero-order valence-electron chi connectivity index (χ0n) is 15.5. The number of alkyl halides is 3. The minimum Gasteiger partial charge on any atom is -0.335 e. The first-order valence-corrected chi connectivity index (χ1v) is 11.2.